The van der Waals surface area contributed by atoms with E-state index in [4.69, 9.17) is 5.73 Å². The standard InChI is InChI=1S/C17H17BrN2O/c1-12(14-5-3-6-15(18)11-14)20-17(21)9-8-13-4-2-7-16(19)10-13/h2-12H,19H2,1H3,(H,20,21)/b9-8+/t12-/m1/s1. The molecule has 108 valence electrons. The molecule has 2 aromatic rings. The molecule has 0 fully saturated rings. The summed E-state index contributed by atoms with van der Waals surface area (Å²) in [4.78, 5) is 11.9. The van der Waals surface area contributed by atoms with Crippen LogP contribution < -0.4 is 11.1 Å². The lowest BCUT2D eigenvalue weighted by Crippen LogP contribution is -2.24. The molecular formula is C17H17BrN2O. The van der Waals surface area contributed by atoms with Crippen molar-refractivity contribution in [2.75, 3.05) is 5.73 Å². The maximum Gasteiger partial charge on any atom is 0.244 e. The number of nitrogen functional groups attached to an aromatic ring is 1. The minimum atomic E-state index is -0.134. The zero-order valence-corrected chi connectivity index (χ0v) is 13.3. The number of hydrogen-bond acceptors (Lipinski definition) is 2. The van der Waals surface area contributed by atoms with Crippen LogP contribution in [0.4, 0.5) is 5.69 Å². The van der Waals surface area contributed by atoms with Crippen LogP contribution in [-0.4, -0.2) is 5.91 Å². The second-order valence-electron chi connectivity index (χ2n) is 4.79. The highest BCUT2D eigenvalue weighted by Crippen LogP contribution is 2.17. The van der Waals surface area contributed by atoms with Crippen LogP contribution in [0.2, 0.25) is 0 Å². The van der Waals surface area contributed by atoms with Crippen molar-refractivity contribution in [1.29, 1.82) is 0 Å². The normalized spacial score (nSPS) is 12.3. The number of benzene rings is 2. The molecule has 0 aliphatic heterocycles. The van der Waals surface area contributed by atoms with E-state index in [-0.39, 0.29) is 11.9 Å². The van der Waals surface area contributed by atoms with Gasteiger partial charge >= 0.3 is 0 Å². The molecule has 3 N–H and O–H groups in total. The molecule has 2 rings (SSSR count). The molecule has 0 bridgehead atoms. The van der Waals surface area contributed by atoms with Crippen molar-refractivity contribution in [2.45, 2.75) is 13.0 Å². The molecule has 1 atom stereocenters. The molecule has 0 saturated carbocycles. The van der Waals surface area contributed by atoms with Crippen LogP contribution in [0, 0.1) is 0 Å². The van der Waals surface area contributed by atoms with E-state index in [1.807, 2.05) is 55.5 Å². The van der Waals surface area contributed by atoms with Gasteiger partial charge in [0.1, 0.15) is 0 Å². The first-order chi connectivity index (χ1) is 10.0. The number of amides is 1. The average Bonchev–Trinajstić information content (AvgIpc) is 2.45. The van der Waals surface area contributed by atoms with Gasteiger partial charge in [0, 0.05) is 16.2 Å². The van der Waals surface area contributed by atoms with Gasteiger partial charge in [0.2, 0.25) is 5.91 Å². The summed E-state index contributed by atoms with van der Waals surface area (Å²) in [6, 6.07) is 15.2. The zero-order valence-electron chi connectivity index (χ0n) is 11.7. The highest BCUT2D eigenvalue weighted by Gasteiger charge is 2.07. The van der Waals surface area contributed by atoms with E-state index in [1.54, 1.807) is 6.08 Å². The lowest BCUT2D eigenvalue weighted by Gasteiger charge is -2.13. The first kappa shape index (κ1) is 15.3. The van der Waals surface area contributed by atoms with Crippen LogP contribution >= 0.6 is 15.9 Å². The summed E-state index contributed by atoms with van der Waals surface area (Å²) in [6.45, 7) is 1.95. The van der Waals surface area contributed by atoms with Crippen LogP contribution in [0.25, 0.3) is 6.08 Å². The molecular weight excluding hydrogens is 328 g/mol. The lowest BCUT2D eigenvalue weighted by molar-refractivity contribution is -0.117. The average molecular weight is 345 g/mol. The fraction of sp³-hybridized carbons (Fsp3) is 0.118. The van der Waals surface area contributed by atoms with Crippen molar-refractivity contribution in [3.05, 3.63) is 70.2 Å². The van der Waals surface area contributed by atoms with Crippen molar-refractivity contribution in [1.82, 2.24) is 5.32 Å². The summed E-state index contributed by atoms with van der Waals surface area (Å²) < 4.78 is 0.997. The molecule has 0 aromatic heterocycles. The van der Waals surface area contributed by atoms with Crippen LogP contribution in [0.1, 0.15) is 24.1 Å². The second kappa shape index (κ2) is 7.09. The number of nitrogens with two attached hydrogens (primary N) is 1. The molecule has 0 heterocycles. The summed E-state index contributed by atoms with van der Waals surface area (Å²) in [5.74, 6) is -0.134. The molecule has 2 aromatic carbocycles. The van der Waals surface area contributed by atoms with Gasteiger partial charge in [-0.2, -0.15) is 0 Å². The molecule has 0 saturated heterocycles. The molecule has 21 heavy (non-hydrogen) atoms. The largest absolute Gasteiger partial charge is 0.399 e. The highest BCUT2D eigenvalue weighted by molar-refractivity contribution is 9.10. The fourth-order valence-corrected chi connectivity index (χ4v) is 2.37. The quantitative estimate of drug-likeness (QED) is 0.652. The zero-order chi connectivity index (χ0) is 15.2. The van der Waals surface area contributed by atoms with Gasteiger partial charge in [-0.05, 0) is 48.4 Å². The Balaban J connectivity index is 1.98. The predicted octanol–water partition coefficient (Wildman–Crippen LogP) is 3.92. The third kappa shape index (κ3) is 4.76. The van der Waals surface area contributed by atoms with E-state index in [1.165, 1.54) is 6.08 Å². The number of carbonyl (C=O) groups excluding carboxylic acids is 1. The summed E-state index contributed by atoms with van der Waals surface area (Å²) in [5.41, 5.74) is 8.33. The molecule has 0 radical (unpaired) electrons. The first-order valence-corrected chi connectivity index (χ1v) is 7.43. The SMILES string of the molecule is C[C@@H](NC(=O)/C=C/c1cccc(N)c1)c1cccc(Br)c1. The molecule has 0 spiro atoms. The number of hydrogen-bond donors (Lipinski definition) is 2. The molecule has 0 aliphatic rings. The van der Waals surface area contributed by atoms with Gasteiger partial charge in [-0.1, -0.05) is 40.2 Å². The van der Waals surface area contributed by atoms with Gasteiger partial charge in [0.05, 0.1) is 6.04 Å². The Labute approximate surface area is 133 Å². The van der Waals surface area contributed by atoms with Gasteiger partial charge in [0.15, 0.2) is 0 Å². The highest BCUT2D eigenvalue weighted by atomic mass is 79.9. The van der Waals surface area contributed by atoms with Gasteiger partial charge < -0.3 is 11.1 Å². The van der Waals surface area contributed by atoms with E-state index >= 15 is 0 Å². The van der Waals surface area contributed by atoms with Crippen molar-refractivity contribution in [3.63, 3.8) is 0 Å². The van der Waals surface area contributed by atoms with Crippen LogP contribution in [0.15, 0.2) is 59.1 Å². The van der Waals surface area contributed by atoms with Crippen molar-refractivity contribution in [2.24, 2.45) is 0 Å². The maximum absolute atomic E-state index is 11.9. The maximum atomic E-state index is 11.9. The minimum absolute atomic E-state index is 0.0551. The monoisotopic (exact) mass is 344 g/mol. The number of anilines is 1. The fourth-order valence-electron chi connectivity index (χ4n) is 1.96. The second-order valence-corrected chi connectivity index (χ2v) is 5.70. The van der Waals surface area contributed by atoms with E-state index in [9.17, 15) is 4.79 Å². The first-order valence-electron chi connectivity index (χ1n) is 6.64. The number of nitrogens with one attached hydrogen (secondary N) is 1. The van der Waals surface area contributed by atoms with E-state index in [2.05, 4.69) is 21.2 Å². The van der Waals surface area contributed by atoms with Crippen molar-refractivity contribution < 1.29 is 4.79 Å². The van der Waals surface area contributed by atoms with E-state index in [0.29, 0.717) is 5.69 Å². The van der Waals surface area contributed by atoms with Gasteiger partial charge in [-0.25, -0.2) is 0 Å². The Hall–Kier alpha value is -2.07. The third-order valence-corrected chi connectivity index (χ3v) is 3.54. The van der Waals surface area contributed by atoms with Crippen molar-refractivity contribution >= 4 is 33.6 Å². The van der Waals surface area contributed by atoms with E-state index < -0.39 is 0 Å². The van der Waals surface area contributed by atoms with Crippen LogP contribution in [-0.2, 0) is 4.79 Å². The summed E-state index contributed by atoms with van der Waals surface area (Å²) in [7, 11) is 0. The Morgan fingerprint density at radius 2 is 2.00 bits per heavy atom. The topological polar surface area (TPSA) is 55.1 Å². The van der Waals surface area contributed by atoms with E-state index in [0.717, 1.165) is 15.6 Å². The molecule has 3 nitrogen and oxygen atoms in total. The van der Waals surface area contributed by atoms with Gasteiger partial charge in [-0.15, -0.1) is 0 Å². The Bertz CT molecular complexity index is 667. The summed E-state index contributed by atoms with van der Waals surface area (Å²) >= 11 is 3.43. The van der Waals surface area contributed by atoms with Crippen molar-refractivity contribution in [3.8, 4) is 0 Å². The molecule has 1 amide bonds. The number of carbonyl (C=O) groups is 1. The molecule has 0 aliphatic carbocycles. The summed E-state index contributed by atoms with van der Waals surface area (Å²) in [6.07, 6.45) is 3.27. The Morgan fingerprint density at radius 1 is 1.24 bits per heavy atom. The van der Waals surface area contributed by atoms with Gasteiger partial charge in [0.25, 0.3) is 0 Å². The number of halogens is 1. The Kier molecular flexibility index (Phi) is 5.17. The minimum Gasteiger partial charge on any atom is -0.399 e. The van der Waals surface area contributed by atoms with Crippen LogP contribution in [0.3, 0.4) is 0 Å². The molecule has 0 unspecified atom stereocenters. The lowest BCUT2D eigenvalue weighted by atomic mass is 10.1. The van der Waals surface area contributed by atoms with Crippen LogP contribution in [0.5, 0.6) is 0 Å². The third-order valence-electron chi connectivity index (χ3n) is 3.05. The predicted molar refractivity (Wildman–Crippen MR) is 90.6 cm³/mol. The molecule has 4 heteroatoms. The van der Waals surface area contributed by atoms with Gasteiger partial charge in [-0.3, -0.25) is 4.79 Å². The summed E-state index contributed by atoms with van der Waals surface area (Å²) in [5, 5.41) is 2.93. The Morgan fingerprint density at radius 3 is 2.71 bits per heavy atom. The smallest absolute Gasteiger partial charge is 0.244 e. The number of rotatable bonds is 4.